The maximum Gasteiger partial charge on any atom is 0.406 e. The van der Waals surface area contributed by atoms with Crippen LogP contribution in [0, 0.1) is 23.0 Å². The largest absolute Gasteiger partial charge is 0.406 e. The Hall–Kier alpha value is -2.37. The van der Waals surface area contributed by atoms with Crippen molar-refractivity contribution in [2.45, 2.75) is 18.6 Å². The Morgan fingerprint density at radius 3 is 2.41 bits per heavy atom. The molecule has 1 atom stereocenters. The Bertz CT molecular complexity index is 615. The van der Waals surface area contributed by atoms with E-state index in [0.717, 1.165) is 12.1 Å². The zero-order chi connectivity index (χ0) is 16.5. The number of nitrogens with zero attached hydrogens (tertiary/aromatic N) is 2. The third kappa shape index (κ3) is 3.63. The Labute approximate surface area is 122 Å². The number of nitrogens with one attached hydrogen (secondary N) is 1. The molecular weight excluding hydrogens is 309 g/mol. The minimum atomic E-state index is -4.53. The molecule has 1 unspecified atom stereocenters. The first-order valence-electron chi connectivity index (χ1n) is 6.20. The van der Waals surface area contributed by atoms with Crippen LogP contribution in [0.5, 0.6) is 0 Å². The van der Waals surface area contributed by atoms with Gasteiger partial charge in [-0.3, -0.25) is 4.79 Å². The lowest BCUT2D eigenvalue weighted by Gasteiger charge is -2.19. The van der Waals surface area contributed by atoms with E-state index in [4.69, 9.17) is 5.26 Å². The molecule has 0 aromatic heterocycles. The SMILES string of the molecule is N#Cc1cc(F)c(NC2CC(=O)N(CC(F)(F)F)C2)c(F)c1. The van der Waals surface area contributed by atoms with E-state index < -0.39 is 42.0 Å². The van der Waals surface area contributed by atoms with Gasteiger partial charge in [-0.1, -0.05) is 0 Å². The second-order valence-electron chi connectivity index (χ2n) is 4.86. The van der Waals surface area contributed by atoms with Crippen LogP contribution >= 0.6 is 0 Å². The predicted molar refractivity (Wildman–Crippen MR) is 65.7 cm³/mol. The van der Waals surface area contributed by atoms with E-state index in [1.807, 2.05) is 0 Å². The number of amides is 1. The first-order valence-corrected chi connectivity index (χ1v) is 6.20. The van der Waals surface area contributed by atoms with Gasteiger partial charge in [-0.05, 0) is 12.1 Å². The van der Waals surface area contributed by atoms with Crippen LogP contribution in [0.2, 0.25) is 0 Å². The summed E-state index contributed by atoms with van der Waals surface area (Å²) < 4.78 is 64.2. The number of benzene rings is 1. The van der Waals surface area contributed by atoms with Crippen molar-refractivity contribution in [3.8, 4) is 6.07 Å². The summed E-state index contributed by atoms with van der Waals surface area (Å²) in [7, 11) is 0. The van der Waals surface area contributed by atoms with Crippen molar-refractivity contribution >= 4 is 11.6 Å². The summed E-state index contributed by atoms with van der Waals surface area (Å²) in [5.74, 6) is -2.83. The highest BCUT2D eigenvalue weighted by Crippen LogP contribution is 2.26. The predicted octanol–water partition coefficient (Wildman–Crippen LogP) is 2.41. The summed E-state index contributed by atoms with van der Waals surface area (Å²) in [5, 5.41) is 11.0. The molecule has 0 radical (unpaired) electrons. The molecule has 1 aromatic carbocycles. The highest BCUT2D eigenvalue weighted by atomic mass is 19.4. The topological polar surface area (TPSA) is 56.1 Å². The molecular formula is C13H10F5N3O. The van der Waals surface area contributed by atoms with E-state index in [1.165, 1.54) is 0 Å². The minimum absolute atomic E-state index is 0.221. The van der Waals surface area contributed by atoms with Gasteiger partial charge in [-0.15, -0.1) is 0 Å². The monoisotopic (exact) mass is 319 g/mol. The number of hydrogen-bond acceptors (Lipinski definition) is 3. The van der Waals surface area contributed by atoms with Crippen LogP contribution in [0.1, 0.15) is 12.0 Å². The Morgan fingerprint density at radius 1 is 1.32 bits per heavy atom. The molecule has 9 heteroatoms. The van der Waals surface area contributed by atoms with Gasteiger partial charge in [0.2, 0.25) is 5.91 Å². The fraction of sp³-hybridized carbons (Fsp3) is 0.385. The van der Waals surface area contributed by atoms with E-state index >= 15 is 0 Å². The average molecular weight is 319 g/mol. The van der Waals surface area contributed by atoms with Gasteiger partial charge in [0, 0.05) is 13.0 Å². The number of hydrogen-bond donors (Lipinski definition) is 1. The van der Waals surface area contributed by atoms with Gasteiger partial charge < -0.3 is 10.2 Å². The van der Waals surface area contributed by atoms with Crippen molar-refractivity contribution in [1.82, 2.24) is 4.90 Å². The first kappa shape index (κ1) is 16.0. The average Bonchev–Trinajstić information content (AvgIpc) is 2.72. The van der Waals surface area contributed by atoms with Gasteiger partial charge >= 0.3 is 6.18 Å². The number of carbonyl (C=O) groups is 1. The third-order valence-electron chi connectivity index (χ3n) is 3.10. The number of anilines is 1. The van der Waals surface area contributed by atoms with Crippen molar-refractivity contribution in [3.63, 3.8) is 0 Å². The van der Waals surface area contributed by atoms with Gasteiger partial charge in [0.25, 0.3) is 0 Å². The fourth-order valence-electron chi connectivity index (χ4n) is 2.22. The summed E-state index contributed by atoms with van der Waals surface area (Å²) in [4.78, 5) is 12.1. The smallest absolute Gasteiger partial charge is 0.375 e. The van der Waals surface area contributed by atoms with Crippen molar-refractivity contribution in [3.05, 3.63) is 29.3 Å². The molecule has 1 amide bonds. The van der Waals surface area contributed by atoms with Crippen LogP contribution in [0.15, 0.2) is 12.1 Å². The van der Waals surface area contributed by atoms with Gasteiger partial charge in [0.1, 0.15) is 12.2 Å². The van der Waals surface area contributed by atoms with Crippen LogP contribution < -0.4 is 5.32 Å². The molecule has 1 N–H and O–H groups in total. The van der Waals surface area contributed by atoms with Crippen LogP contribution in [0.3, 0.4) is 0 Å². The van der Waals surface area contributed by atoms with Crippen molar-refractivity contribution in [2.24, 2.45) is 0 Å². The lowest BCUT2D eigenvalue weighted by molar-refractivity contribution is -0.157. The highest BCUT2D eigenvalue weighted by molar-refractivity contribution is 5.80. The molecule has 1 aromatic rings. The quantitative estimate of drug-likeness (QED) is 0.871. The number of rotatable bonds is 3. The zero-order valence-electron chi connectivity index (χ0n) is 11.0. The number of halogens is 5. The maximum atomic E-state index is 13.7. The van der Waals surface area contributed by atoms with Crippen LogP contribution in [0.25, 0.3) is 0 Å². The third-order valence-corrected chi connectivity index (χ3v) is 3.10. The Balaban J connectivity index is 2.10. The fourth-order valence-corrected chi connectivity index (χ4v) is 2.22. The van der Waals surface area contributed by atoms with Gasteiger partial charge in [0.15, 0.2) is 11.6 Å². The molecule has 2 rings (SSSR count). The minimum Gasteiger partial charge on any atom is -0.375 e. The second-order valence-corrected chi connectivity index (χ2v) is 4.86. The molecule has 4 nitrogen and oxygen atoms in total. The van der Waals surface area contributed by atoms with Gasteiger partial charge in [-0.2, -0.15) is 18.4 Å². The number of carbonyl (C=O) groups excluding carboxylic acids is 1. The molecule has 1 aliphatic heterocycles. The van der Waals surface area contributed by atoms with E-state index in [-0.39, 0.29) is 18.5 Å². The molecule has 1 heterocycles. The molecule has 118 valence electrons. The lowest BCUT2D eigenvalue weighted by Crippen LogP contribution is -2.36. The number of alkyl halides is 3. The van der Waals surface area contributed by atoms with E-state index in [2.05, 4.69) is 5.32 Å². The summed E-state index contributed by atoms with van der Waals surface area (Å²) >= 11 is 0. The highest BCUT2D eigenvalue weighted by Gasteiger charge is 2.38. The van der Waals surface area contributed by atoms with Crippen molar-refractivity contribution in [1.29, 1.82) is 5.26 Å². The van der Waals surface area contributed by atoms with Crippen LogP contribution in [-0.2, 0) is 4.79 Å². The lowest BCUT2D eigenvalue weighted by atomic mass is 10.1. The second kappa shape index (κ2) is 5.79. The van der Waals surface area contributed by atoms with Crippen molar-refractivity contribution < 1.29 is 26.7 Å². The van der Waals surface area contributed by atoms with E-state index in [1.54, 1.807) is 6.07 Å². The maximum absolute atomic E-state index is 13.7. The van der Waals surface area contributed by atoms with Crippen molar-refractivity contribution in [2.75, 3.05) is 18.4 Å². The Kier molecular flexibility index (Phi) is 4.21. The summed E-state index contributed by atoms with van der Waals surface area (Å²) in [6.45, 7) is -1.71. The van der Waals surface area contributed by atoms with Crippen LogP contribution in [-0.4, -0.2) is 36.1 Å². The summed E-state index contributed by atoms with van der Waals surface area (Å²) in [6.07, 6.45) is -4.83. The van der Waals surface area contributed by atoms with Gasteiger partial charge in [0.05, 0.1) is 17.7 Å². The molecule has 0 aliphatic carbocycles. The van der Waals surface area contributed by atoms with E-state index in [0.29, 0.717) is 4.90 Å². The van der Waals surface area contributed by atoms with E-state index in [9.17, 15) is 26.7 Å². The Morgan fingerprint density at radius 2 is 1.91 bits per heavy atom. The molecule has 1 fully saturated rings. The molecule has 0 saturated carbocycles. The zero-order valence-corrected chi connectivity index (χ0v) is 11.0. The molecule has 22 heavy (non-hydrogen) atoms. The molecule has 1 saturated heterocycles. The van der Waals surface area contributed by atoms with Gasteiger partial charge in [-0.25, -0.2) is 8.78 Å². The summed E-state index contributed by atoms with van der Waals surface area (Å²) in [5.41, 5.74) is -0.785. The number of likely N-dealkylation sites (tertiary alicyclic amines) is 1. The normalized spacial score (nSPS) is 18.5. The molecule has 1 aliphatic rings. The standard InChI is InChI=1S/C13H10F5N3O/c14-9-1-7(4-19)2-10(15)12(9)20-8-3-11(22)21(5-8)6-13(16,17)18/h1-2,8,20H,3,5-6H2. The summed E-state index contributed by atoms with van der Waals surface area (Å²) in [6, 6.07) is 2.34. The first-order chi connectivity index (χ1) is 10.2. The van der Waals surface area contributed by atoms with Crippen LogP contribution in [0.4, 0.5) is 27.6 Å². The molecule has 0 spiro atoms. The number of nitriles is 1. The molecule has 0 bridgehead atoms.